The Morgan fingerprint density at radius 2 is 1.91 bits per heavy atom. The van der Waals surface area contributed by atoms with Crippen LogP contribution in [0.5, 0.6) is 5.75 Å². The van der Waals surface area contributed by atoms with Crippen LogP contribution in [0, 0.1) is 23.7 Å². The largest absolute Gasteiger partial charge is 0.487 e. The Labute approximate surface area is 204 Å². The third kappa shape index (κ3) is 3.85. The molecule has 3 N–H and O–H groups in total. The van der Waals surface area contributed by atoms with E-state index in [1.165, 1.54) is 17.4 Å². The molecule has 1 aromatic carbocycles. The van der Waals surface area contributed by atoms with Crippen molar-refractivity contribution >= 4 is 26.6 Å². The maximum Gasteiger partial charge on any atom is 0.274 e. The molecule has 0 radical (unpaired) electrons. The number of aliphatic hydroxyl groups excluding tert-OH is 1. The summed E-state index contributed by atoms with van der Waals surface area (Å²) >= 11 is 0. The standard InChI is InChI=1S/C26H31N3O5S/c1-29-13-21(19-5-6-27-24(19)25(29)31)20-9-18(28-35(2,32)33)3-4-23(20)34-26-10-15-7-16(11-26)22(14-30)17(8-15)12-26/h3-6,9,13,15-17,22,27-28,30H,7-8,10-12,14H2,1-2H3. The van der Waals surface area contributed by atoms with Gasteiger partial charge >= 0.3 is 0 Å². The third-order valence-corrected chi connectivity index (χ3v) is 9.02. The Hall–Kier alpha value is -2.78. The molecule has 2 aromatic heterocycles. The van der Waals surface area contributed by atoms with E-state index >= 15 is 0 Å². The van der Waals surface area contributed by atoms with Gasteiger partial charge in [0, 0.05) is 48.2 Å². The number of aromatic amines is 1. The number of ether oxygens (including phenoxy) is 1. The molecule has 4 saturated carbocycles. The number of H-pyrrole nitrogens is 1. The fourth-order valence-corrected chi connectivity index (χ4v) is 7.86. The summed E-state index contributed by atoms with van der Waals surface area (Å²) in [6.07, 6.45) is 9.86. The van der Waals surface area contributed by atoms with E-state index in [1.54, 1.807) is 31.6 Å². The van der Waals surface area contributed by atoms with Gasteiger partial charge in [0.15, 0.2) is 0 Å². The van der Waals surface area contributed by atoms with E-state index in [0.717, 1.165) is 42.0 Å². The minimum absolute atomic E-state index is 0.127. The highest BCUT2D eigenvalue weighted by Gasteiger charge is 2.56. The molecule has 2 heterocycles. The number of hydrogen-bond acceptors (Lipinski definition) is 5. The zero-order valence-electron chi connectivity index (χ0n) is 20.0. The highest BCUT2D eigenvalue weighted by molar-refractivity contribution is 7.92. The number of nitrogens with one attached hydrogen (secondary N) is 2. The number of benzene rings is 1. The Morgan fingerprint density at radius 3 is 2.60 bits per heavy atom. The quantitative estimate of drug-likeness (QED) is 0.483. The minimum atomic E-state index is -3.46. The fourth-order valence-electron chi connectivity index (χ4n) is 7.30. The maximum atomic E-state index is 12.7. The number of pyridine rings is 1. The predicted octanol–water partition coefficient (Wildman–Crippen LogP) is 3.47. The van der Waals surface area contributed by atoms with Gasteiger partial charge in [-0.3, -0.25) is 9.52 Å². The van der Waals surface area contributed by atoms with Crippen molar-refractivity contribution in [3.05, 3.63) is 47.0 Å². The van der Waals surface area contributed by atoms with Crippen molar-refractivity contribution in [3.8, 4) is 16.9 Å². The molecule has 0 aliphatic heterocycles. The average molecular weight is 498 g/mol. The van der Waals surface area contributed by atoms with Crippen LogP contribution >= 0.6 is 0 Å². The van der Waals surface area contributed by atoms with E-state index in [-0.39, 0.29) is 17.8 Å². The smallest absolute Gasteiger partial charge is 0.274 e. The van der Waals surface area contributed by atoms with Crippen LogP contribution in [-0.2, 0) is 17.1 Å². The van der Waals surface area contributed by atoms with E-state index in [2.05, 4.69) is 9.71 Å². The number of aromatic nitrogens is 2. The van der Waals surface area contributed by atoms with Crippen molar-refractivity contribution in [3.63, 3.8) is 0 Å². The SMILES string of the molecule is Cn1cc(-c2cc(NS(C)(=O)=O)ccc2OC23CC4CC(C2)C(CO)C(C4)C3)c2cc[nH]c2c1=O. The average Bonchev–Trinajstić information content (AvgIpc) is 3.26. The molecule has 4 fully saturated rings. The molecule has 186 valence electrons. The molecule has 0 spiro atoms. The Bertz CT molecular complexity index is 1460. The summed E-state index contributed by atoms with van der Waals surface area (Å²) in [6, 6.07) is 7.23. The minimum Gasteiger partial charge on any atom is -0.487 e. The van der Waals surface area contributed by atoms with E-state index in [1.807, 2.05) is 12.1 Å². The van der Waals surface area contributed by atoms with Gasteiger partial charge in [0.2, 0.25) is 10.0 Å². The van der Waals surface area contributed by atoms with Gasteiger partial charge in [0.05, 0.1) is 6.26 Å². The molecule has 4 aliphatic carbocycles. The van der Waals surface area contributed by atoms with Crippen LogP contribution in [0.1, 0.15) is 32.1 Å². The zero-order valence-corrected chi connectivity index (χ0v) is 20.8. The molecular formula is C26H31N3O5S. The number of nitrogens with zero attached hydrogens (tertiary/aromatic N) is 1. The molecule has 3 aromatic rings. The Morgan fingerprint density at radius 1 is 1.17 bits per heavy atom. The van der Waals surface area contributed by atoms with Gasteiger partial charge in [-0.2, -0.15) is 0 Å². The van der Waals surface area contributed by atoms with E-state index in [9.17, 15) is 18.3 Å². The lowest BCUT2D eigenvalue weighted by Crippen LogP contribution is -2.58. The normalized spacial score (nSPS) is 29.6. The molecule has 9 heteroatoms. The molecule has 8 nitrogen and oxygen atoms in total. The fraction of sp³-hybridized carbons (Fsp3) is 0.500. The van der Waals surface area contributed by atoms with E-state index in [0.29, 0.717) is 40.6 Å². The first-order valence-corrected chi connectivity index (χ1v) is 14.1. The second-order valence-corrected chi connectivity index (χ2v) is 12.7. The van der Waals surface area contributed by atoms with E-state index < -0.39 is 10.0 Å². The predicted molar refractivity (Wildman–Crippen MR) is 135 cm³/mol. The molecule has 0 amide bonds. The first-order valence-electron chi connectivity index (χ1n) is 12.2. The monoisotopic (exact) mass is 497 g/mol. The molecule has 7 rings (SSSR count). The second-order valence-electron chi connectivity index (χ2n) is 10.9. The van der Waals surface area contributed by atoms with Gasteiger partial charge in [0.25, 0.3) is 5.56 Å². The molecule has 35 heavy (non-hydrogen) atoms. The lowest BCUT2D eigenvalue weighted by atomic mass is 9.50. The van der Waals surface area contributed by atoms with Crippen LogP contribution in [0.2, 0.25) is 0 Å². The Balaban J connectivity index is 1.47. The van der Waals surface area contributed by atoms with Crippen LogP contribution in [-0.4, -0.2) is 41.5 Å². The van der Waals surface area contributed by atoms with Crippen molar-refractivity contribution < 1.29 is 18.3 Å². The number of rotatable bonds is 6. The van der Waals surface area contributed by atoms with Crippen molar-refractivity contribution in [2.75, 3.05) is 17.6 Å². The number of aryl methyl sites for hydroxylation is 1. The number of anilines is 1. The molecular weight excluding hydrogens is 466 g/mol. The van der Waals surface area contributed by atoms with Gasteiger partial charge < -0.3 is 19.4 Å². The van der Waals surface area contributed by atoms with Gasteiger partial charge in [-0.15, -0.1) is 0 Å². The van der Waals surface area contributed by atoms with Gasteiger partial charge in [0.1, 0.15) is 16.9 Å². The second kappa shape index (κ2) is 7.86. The number of hydrogen-bond donors (Lipinski definition) is 3. The summed E-state index contributed by atoms with van der Waals surface area (Å²) in [4.78, 5) is 15.7. The summed E-state index contributed by atoms with van der Waals surface area (Å²) in [5.41, 5.74) is 2.08. The molecule has 2 unspecified atom stereocenters. The van der Waals surface area contributed by atoms with Crippen molar-refractivity contribution in [1.82, 2.24) is 9.55 Å². The van der Waals surface area contributed by atoms with Crippen molar-refractivity contribution in [1.29, 1.82) is 0 Å². The van der Waals surface area contributed by atoms with Gasteiger partial charge in [-0.25, -0.2) is 8.42 Å². The number of fused-ring (bicyclic) bond motifs is 1. The van der Waals surface area contributed by atoms with Crippen LogP contribution in [0.3, 0.4) is 0 Å². The topological polar surface area (TPSA) is 113 Å². The van der Waals surface area contributed by atoms with Gasteiger partial charge in [-0.05, 0) is 80.0 Å². The molecule has 4 aliphatic rings. The summed E-state index contributed by atoms with van der Waals surface area (Å²) in [7, 11) is -1.76. The van der Waals surface area contributed by atoms with E-state index in [4.69, 9.17) is 4.74 Å². The highest BCUT2D eigenvalue weighted by Crippen LogP contribution is 2.59. The first kappa shape index (κ1) is 22.7. The van der Waals surface area contributed by atoms with Crippen molar-refractivity contribution in [2.24, 2.45) is 30.7 Å². The van der Waals surface area contributed by atoms with Crippen LogP contribution in [0.15, 0.2) is 41.5 Å². The van der Waals surface area contributed by atoms with Crippen molar-refractivity contribution in [2.45, 2.75) is 37.7 Å². The summed E-state index contributed by atoms with van der Waals surface area (Å²) in [5.74, 6) is 2.64. The molecule has 2 atom stereocenters. The summed E-state index contributed by atoms with van der Waals surface area (Å²) < 4.78 is 34.9. The highest BCUT2D eigenvalue weighted by atomic mass is 32.2. The first-order chi connectivity index (χ1) is 16.6. The molecule has 0 saturated heterocycles. The summed E-state index contributed by atoms with van der Waals surface area (Å²) in [5, 5.41) is 10.8. The summed E-state index contributed by atoms with van der Waals surface area (Å²) in [6.45, 7) is 0.249. The number of aliphatic hydroxyl groups is 1. The lowest BCUT2D eigenvalue weighted by Gasteiger charge is -2.59. The van der Waals surface area contributed by atoms with Crippen LogP contribution < -0.4 is 15.0 Å². The third-order valence-electron chi connectivity index (χ3n) is 8.42. The number of sulfonamides is 1. The molecule has 4 bridgehead atoms. The van der Waals surface area contributed by atoms with Crippen LogP contribution in [0.25, 0.3) is 22.0 Å². The zero-order chi connectivity index (χ0) is 24.5. The Kier molecular flexibility index (Phi) is 5.09. The maximum absolute atomic E-state index is 12.7. The van der Waals surface area contributed by atoms with Crippen LogP contribution in [0.4, 0.5) is 5.69 Å². The van der Waals surface area contributed by atoms with Gasteiger partial charge in [-0.1, -0.05) is 0 Å². The lowest BCUT2D eigenvalue weighted by molar-refractivity contribution is -0.145.